The Morgan fingerprint density at radius 2 is 2.06 bits per heavy atom. The monoisotopic (exact) mass is 238 g/mol. The molecular weight excluding hydrogens is 220 g/mol. The normalized spacial score (nSPS) is 11.9. The zero-order valence-electron chi connectivity index (χ0n) is 9.93. The highest BCUT2D eigenvalue weighted by molar-refractivity contribution is 7.80. The van der Waals surface area contributed by atoms with Crippen LogP contribution < -0.4 is 10.2 Å². The fourth-order valence-electron chi connectivity index (χ4n) is 1.37. The van der Waals surface area contributed by atoms with Gasteiger partial charge in [0.15, 0.2) is 5.11 Å². The van der Waals surface area contributed by atoms with E-state index in [9.17, 15) is 0 Å². The van der Waals surface area contributed by atoms with Crippen LogP contribution >= 0.6 is 12.2 Å². The van der Waals surface area contributed by atoms with Crippen molar-refractivity contribution in [1.29, 1.82) is 0 Å². The average molecular weight is 238 g/mol. The molecule has 1 aromatic carbocycles. The highest BCUT2D eigenvalue weighted by Crippen LogP contribution is 2.10. The molecule has 4 heteroatoms. The van der Waals surface area contributed by atoms with Gasteiger partial charge < -0.3 is 15.0 Å². The zero-order valence-corrected chi connectivity index (χ0v) is 10.8. The first-order valence-electron chi connectivity index (χ1n) is 5.23. The molecule has 0 bridgehead atoms. The Morgan fingerprint density at radius 3 is 2.62 bits per heavy atom. The van der Waals surface area contributed by atoms with Crippen LogP contribution in [-0.4, -0.2) is 31.9 Å². The number of hydrogen-bond donors (Lipinski definition) is 1. The summed E-state index contributed by atoms with van der Waals surface area (Å²) in [5.74, 6) is 0. The molecule has 0 aliphatic carbocycles. The number of hydrogen-bond acceptors (Lipinski definition) is 2. The van der Waals surface area contributed by atoms with Crippen LogP contribution in [-0.2, 0) is 4.74 Å². The summed E-state index contributed by atoms with van der Waals surface area (Å²) < 4.78 is 5.05. The molecule has 0 heterocycles. The minimum atomic E-state index is 0.212. The van der Waals surface area contributed by atoms with Gasteiger partial charge in [0.25, 0.3) is 0 Å². The van der Waals surface area contributed by atoms with Crippen molar-refractivity contribution in [2.24, 2.45) is 0 Å². The van der Waals surface area contributed by atoms with Crippen LogP contribution in [0.5, 0.6) is 0 Å². The predicted molar refractivity (Wildman–Crippen MR) is 71.9 cm³/mol. The van der Waals surface area contributed by atoms with Gasteiger partial charge in [-0.05, 0) is 31.3 Å². The van der Waals surface area contributed by atoms with E-state index in [0.717, 1.165) is 5.69 Å². The molecule has 0 aliphatic rings. The van der Waals surface area contributed by atoms with Gasteiger partial charge in [0.05, 0.1) is 6.61 Å². The lowest BCUT2D eigenvalue weighted by atomic mass is 10.3. The van der Waals surface area contributed by atoms with Gasteiger partial charge in [-0.2, -0.15) is 0 Å². The van der Waals surface area contributed by atoms with Gasteiger partial charge in [-0.15, -0.1) is 0 Å². The summed E-state index contributed by atoms with van der Waals surface area (Å²) in [4.78, 5) is 1.95. The molecule has 1 unspecified atom stereocenters. The molecule has 0 saturated heterocycles. The van der Waals surface area contributed by atoms with Crippen LogP contribution in [0.3, 0.4) is 0 Å². The quantitative estimate of drug-likeness (QED) is 0.811. The standard InChI is InChI=1S/C12H18N2OS/c1-10(9-15-3)13-12(16)14(2)11-7-5-4-6-8-11/h4-8,10H,9H2,1-3H3,(H,13,16). The third-order valence-electron chi connectivity index (χ3n) is 2.23. The van der Waals surface area contributed by atoms with E-state index >= 15 is 0 Å². The third kappa shape index (κ3) is 3.79. The van der Waals surface area contributed by atoms with Crippen LogP contribution in [0.4, 0.5) is 5.69 Å². The summed E-state index contributed by atoms with van der Waals surface area (Å²) in [5.41, 5.74) is 1.07. The molecule has 0 aliphatic heterocycles. The van der Waals surface area contributed by atoms with E-state index in [1.165, 1.54) is 0 Å². The van der Waals surface area contributed by atoms with Crippen molar-refractivity contribution in [3.8, 4) is 0 Å². The van der Waals surface area contributed by atoms with E-state index in [-0.39, 0.29) is 6.04 Å². The van der Waals surface area contributed by atoms with Crippen molar-refractivity contribution >= 4 is 23.0 Å². The number of ether oxygens (including phenoxy) is 1. The van der Waals surface area contributed by atoms with Gasteiger partial charge in [0.2, 0.25) is 0 Å². The third-order valence-corrected chi connectivity index (χ3v) is 2.63. The molecule has 0 amide bonds. The van der Waals surface area contributed by atoms with E-state index in [1.807, 2.05) is 49.2 Å². The summed E-state index contributed by atoms with van der Waals surface area (Å²) in [6.45, 7) is 2.68. The van der Waals surface area contributed by atoms with Gasteiger partial charge in [-0.3, -0.25) is 0 Å². The van der Waals surface area contributed by atoms with Crippen molar-refractivity contribution in [2.75, 3.05) is 25.7 Å². The number of benzene rings is 1. The first-order chi connectivity index (χ1) is 7.65. The molecule has 1 atom stereocenters. The van der Waals surface area contributed by atoms with Crippen LogP contribution in [0.2, 0.25) is 0 Å². The van der Waals surface area contributed by atoms with E-state index in [1.54, 1.807) is 7.11 Å². The highest BCUT2D eigenvalue weighted by atomic mass is 32.1. The number of methoxy groups -OCH3 is 1. The minimum Gasteiger partial charge on any atom is -0.383 e. The Bertz CT molecular complexity index is 329. The SMILES string of the molecule is COCC(C)NC(=S)N(C)c1ccccc1. The maximum Gasteiger partial charge on any atom is 0.173 e. The highest BCUT2D eigenvalue weighted by Gasteiger charge is 2.09. The van der Waals surface area contributed by atoms with Crippen molar-refractivity contribution in [1.82, 2.24) is 5.32 Å². The smallest absolute Gasteiger partial charge is 0.173 e. The molecular formula is C12H18N2OS. The van der Waals surface area contributed by atoms with E-state index in [4.69, 9.17) is 17.0 Å². The van der Waals surface area contributed by atoms with Gasteiger partial charge in [0, 0.05) is 25.9 Å². The Labute approximate surface area is 102 Å². The van der Waals surface area contributed by atoms with Crippen LogP contribution in [0.1, 0.15) is 6.92 Å². The molecule has 0 spiro atoms. The summed E-state index contributed by atoms with van der Waals surface area (Å²) in [7, 11) is 3.63. The summed E-state index contributed by atoms with van der Waals surface area (Å²) >= 11 is 5.31. The van der Waals surface area contributed by atoms with E-state index in [0.29, 0.717) is 11.7 Å². The lowest BCUT2D eigenvalue weighted by molar-refractivity contribution is 0.179. The number of rotatable bonds is 4. The summed E-state index contributed by atoms with van der Waals surface area (Å²) in [5, 5.41) is 3.92. The molecule has 16 heavy (non-hydrogen) atoms. The first-order valence-corrected chi connectivity index (χ1v) is 5.64. The van der Waals surface area contributed by atoms with E-state index in [2.05, 4.69) is 5.32 Å². The van der Waals surface area contributed by atoms with Gasteiger partial charge in [-0.25, -0.2) is 0 Å². The fraction of sp³-hybridized carbons (Fsp3) is 0.417. The first kappa shape index (κ1) is 12.9. The predicted octanol–water partition coefficient (Wildman–Crippen LogP) is 2.03. The number of thiocarbonyl (C=S) groups is 1. The van der Waals surface area contributed by atoms with Crippen molar-refractivity contribution in [3.63, 3.8) is 0 Å². The van der Waals surface area contributed by atoms with Gasteiger partial charge in [-0.1, -0.05) is 18.2 Å². The molecule has 0 saturated carbocycles. The zero-order chi connectivity index (χ0) is 12.0. The molecule has 88 valence electrons. The molecule has 1 rings (SSSR count). The number of nitrogens with one attached hydrogen (secondary N) is 1. The van der Waals surface area contributed by atoms with Crippen molar-refractivity contribution in [2.45, 2.75) is 13.0 Å². The second kappa shape index (κ2) is 6.45. The Hall–Kier alpha value is -1.13. The Kier molecular flexibility index (Phi) is 5.22. The van der Waals surface area contributed by atoms with Crippen LogP contribution in [0.15, 0.2) is 30.3 Å². The topological polar surface area (TPSA) is 24.5 Å². The molecule has 3 nitrogen and oxygen atoms in total. The average Bonchev–Trinajstić information content (AvgIpc) is 2.29. The van der Waals surface area contributed by atoms with Gasteiger partial charge >= 0.3 is 0 Å². The second-order valence-corrected chi connectivity index (χ2v) is 4.09. The molecule has 1 aromatic rings. The fourth-order valence-corrected chi connectivity index (χ4v) is 1.67. The lowest BCUT2D eigenvalue weighted by Gasteiger charge is -2.24. The largest absolute Gasteiger partial charge is 0.383 e. The second-order valence-electron chi connectivity index (χ2n) is 3.70. The summed E-state index contributed by atoms with van der Waals surface area (Å²) in [6.07, 6.45) is 0. The molecule has 1 N–H and O–H groups in total. The molecule has 0 radical (unpaired) electrons. The molecule has 0 fully saturated rings. The lowest BCUT2D eigenvalue weighted by Crippen LogP contribution is -2.43. The van der Waals surface area contributed by atoms with Crippen LogP contribution in [0.25, 0.3) is 0 Å². The number of nitrogens with zero attached hydrogens (tertiary/aromatic N) is 1. The van der Waals surface area contributed by atoms with E-state index < -0.39 is 0 Å². The van der Waals surface area contributed by atoms with Crippen molar-refractivity contribution in [3.05, 3.63) is 30.3 Å². The number of anilines is 1. The maximum absolute atomic E-state index is 5.31. The number of para-hydroxylation sites is 1. The molecule has 0 aromatic heterocycles. The Balaban J connectivity index is 2.55. The summed E-state index contributed by atoms with van der Waals surface area (Å²) in [6, 6.07) is 10.2. The van der Waals surface area contributed by atoms with Crippen molar-refractivity contribution < 1.29 is 4.74 Å². The minimum absolute atomic E-state index is 0.212. The van der Waals surface area contributed by atoms with Gasteiger partial charge in [0.1, 0.15) is 0 Å². The Morgan fingerprint density at radius 1 is 1.44 bits per heavy atom. The maximum atomic E-state index is 5.31. The van der Waals surface area contributed by atoms with Crippen LogP contribution in [0, 0.1) is 0 Å².